The Hall–Kier alpha value is -0.810. The van der Waals surface area contributed by atoms with E-state index in [0.29, 0.717) is 19.5 Å². The predicted molar refractivity (Wildman–Crippen MR) is 65.9 cm³/mol. The highest BCUT2D eigenvalue weighted by Gasteiger charge is 2.30. The number of aliphatic hydroxyl groups is 1. The minimum Gasteiger partial charge on any atom is -0.444 e. The smallest absolute Gasteiger partial charge is 0.407 e. The minimum absolute atomic E-state index is 0.394. The number of carbonyl (C=O) groups excluding carboxylic acids is 1. The van der Waals surface area contributed by atoms with Gasteiger partial charge in [0.05, 0.1) is 5.60 Å². The monoisotopic (exact) mass is 244 g/mol. The topological polar surface area (TPSA) is 70.6 Å². The Morgan fingerprint density at radius 2 is 2.24 bits per heavy atom. The van der Waals surface area contributed by atoms with E-state index in [1.807, 2.05) is 20.8 Å². The van der Waals surface area contributed by atoms with E-state index in [1.54, 1.807) is 0 Å². The van der Waals surface area contributed by atoms with Crippen molar-refractivity contribution in [3.63, 3.8) is 0 Å². The summed E-state index contributed by atoms with van der Waals surface area (Å²) in [4.78, 5) is 11.3. The van der Waals surface area contributed by atoms with Gasteiger partial charge in [-0.15, -0.1) is 0 Å². The number of hydrogen-bond acceptors (Lipinski definition) is 4. The quantitative estimate of drug-likeness (QED) is 0.646. The van der Waals surface area contributed by atoms with Gasteiger partial charge in [0, 0.05) is 13.1 Å². The second-order valence-electron chi connectivity index (χ2n) is 5.68. The molecular formula is C12H24N2O3. The number of hydrogen-bond donors (Lipinski definition) is 3. The van der Waals surface area contributed by atoms with Crippen LogP contribution in [0.5, 0.6) is 0 Å². The lowest BCUT2D eigenvalue weighted by molar-refractivity contribution is 0.0445. The van der Waals surface area contributed by atoms with E-state index in [0.717, 1.165) is 19.4 Å². The molecule has 0 spiro atoms. The van der Waals surface area contributed by atoms with Crippen LogP contribution in [-0.2, 0) is 4.74 Å². The van der Waals surface area contributed by atoms with Crippen LogP contribution in [0.25, 0.3) is 0 Å². The van der Waals surface area contributed by atoms with E-state index in [4.69, 9.17) is 4.74 Å². The summed E-state index contributed by atoms with van der Waals surface area (Å²) in [5, 5.41) is 15.9. The lowest BCUT2D eigenvalue weighted by atomic mass is 9.97. The first kappa shape index (κ1) is 14.3. The molecule has 1 atom stereocenters. The van der Waals surface area contributed by atoms with Crippen LogP contribution in [0.2, 0.25) is 0 Å². The number of carbonyl (C=O) groups is 1. The Kier molecular flexibility index (Phi) is 4.77. The lowest BCUT2D eigenvalue weighted by Crippen LogP contribution is -2.35. The molecule has 0 radical (unpaired) electrons. The maximum atomic E-state index is 11.3. The molecule has 0 aliphatic carbocycles. The van der Waals surface area contributed by atoms with Gasteiger partial charge < -0.3 is 20.5 Å². The van der Waals surface area contributed by atoms with Crippen LogP contribution in [0.1, 0.15) is 40.0 Å². The van der Waals surface area contributed by atoms with Gasteiger partial charge in [0.25, 0.3) is 0 Å². The van der Waals surface area contributed by atoms with Gasteiger partial charge >= 0.3 is 6.09 Å². The minimum atomic E-state index is -0.588. The average Bonchev–Trinajstić information content (AvgIpc) is 2.58. The van der Waals surface area contributed by atoms with E-state index in [-0.39, 0.29) is 0 Å². The van der Waals surface area contributed by atoms with Crippen molar-refractivity contribution >= 4 is 6.09 Å². The summed E-state index contributed by atoms with van der Waals surface area (Å²) >= 11 is 0. The summed E-state index contributed by atoms with van der Waals surface area (Å²) in [6, 6.07) is 0. The van der Waals surface area contributed by atoms with Gasteiger partial charge in [-0.05, 0) is 46.6 Å². The number of amides is 1. The molecular weight excluding hydrogens is 220 g/mol. The maximum Gasteiger partial charge on any atom is 0.407 e. The van der Waals surface area contributed by atoms with E-state index in [9.17, 15) is 9.90 Å². The number of nitrogens with one attached hydrogen (secondary N) is 2. The van der Waals surface area contributed by atoms with Gasteiger partial charge in [0.15, 0.2) is 0 Å². The molecule has 0 aromatic heterocycles. The molecule has 1 unspecified atom stereocenters. The highest BCUT2D eigenvalue weighted by atomic mass is 16.6. The van der Waals surface area contributed by atoms with Crippen LogP contribution in [0, 0.1) is 0 Å². The summed E-state index contributed by atoms with van der Waals surface area (Å²) in [6.45, 7) is 7.56. The van der Waals surface area contributed by atoms with Crippen molar-refractivity contribution in [2.75, 3.05) is 19.6 Å². The van der Waals surface area contributed by atoms with E-state index in [1.165, 1.54) is 0 Å². The zero-order valence-electron chi connectivity index (χ0n) is 11.0. The number of β-amino-alcohol motifs (C(OH)–C–C–N with tert-alkyl or cyclic N) is 1. The highest BCUT2D eigenvalue weighted by Crippen LogP contribution is 2.19. The second kappa shape index (κ2) is 5.69. The first-order chi connectivity index (χ1) is 7.81. The zero-order valence-corrected chi connectivity index (χ0v) is 11.0. The van der Waals surface area contributed by atoms with Gasteiger partial charge in [-0.1, -0.05) is 0 Å². The first-order valence-corrected chi connectivity index (χ1v) is 6.21. The predicted octanol–water partition coefficient (Wildman–Crippen LogP) is 1.02. The fraction of sp³-hybridized carbons (Fsp3) is 0.917. The molecule has 0 bridgehead atoms. The fourth-order valence-corrected chi connectivity index (χ4v) is 1.87. The van der Waals surface area contributed by atoms with Crippen molar-refractivity contribution < 1.29 is 14.6 Å². The molecule has 1 heterocycles. The Morgan fingerprint density at radius 1 is 1.53 bits per heavy atom. The molecule has 0 aromatic carbocycles. The molecule has 1 aliphatic heterocycles. The van der Waals surface area contributed by atoms with Crippen molar-refractivity contribution in [1.82, 2.24) is 10.6 Å². The molecule has 3 N–H and O–H groups in total. The van der Waals surface area contributed by atoms with Crippen LogP contribution in [-0.4, -0.2) is 42.0 Å². The Balaban J connectivity index is 2.10. The van der Waals surface area contributed by atoms with E-state index >= 15 is 0 Å². The molecule has 1 fully saturated rings. The normalized spacial score (nSPS) is 24.7. The van der Waals surface area contributed by atoms with Crippen molar-refractivity contribution in [1.29, 1.82) is 0 Å². The van der Waals surface area contributed by atoms with E-state index in [2.05, 4.69) is 10.6 Å². The number of alkyl carbamates (subject to hydrolysis) is 1. The van der Waals surface area contributed by atoms with Crippen molar-refractivity contribution in [2.45, 2.75) is 51.2 Å². The maximum absolute atomic E-state index is 11.3. The molecule has 17 heavy (non-hydrogen) atoms. The zero-order chi connectivity index (χ0) is 12.9. The lowest BCUT2D eigenvalue weighted by Gasteiger charge is -2.22. The van der Waals surface area contributed by atoms with Crippen LogP contribution >= 0.6 is 0 Å². The van der Waals surface area contributed by atoms with E-state index < -0.39 is 17.3 Å². The summed E-state index contributed by atoms with van der Waals surface area (Å²) in [5.74, 6) is 0. The number of ether oxygens (including phenoxy) is 1. The van der Waals surface area contributed by atoms with Crippen LogP contribution < -0.4 is 10.6 Å². The SMILES string of the molecule is CC(C)(C)OC(=O)NCCCC1(O)CCNC1. The van der Waals surface area contributed by atoms with Crippen molar-refractivity contribution in [3.05, 3.63) is 0 Å². The third-order valence-corrected chi connectivity index (χ3v) is 2.71. The van der Waals surface area contributed by atoms with Crippen LogP contribution in [0.15, 0.2) is 0 Å². The molecule has 5 nitrogen and oxygen atoms in total. The summed E-state index contributed by atoms with van der Waals surface area (Å²) < 4.78 is 5.11. The molecule has 1 rings (SSSR count). The van der Waals surface area contributed by atoms with Crippen molar-refractivity contribution in [2.24, 2.45) is 0 Å². The highest BCUT2D eigenvalue weighted by molar-refractivity contribution is 5.67. The second-order valence-corrected chi connectivity index (χ2v) is 5.68. The van der Waals surface area contributed by atoms with Crippen LogP contribution in [0.4, 0.5) is 4.79 Å². The van der Waals surface area contributed by atoms with Gasteiger partial charge in [-0.2, -0.15) is 0 Å². The fourth-order valence-electron chi connectivity index (χ4n) is 1.87. The molecule has 5 heteroatoms. The Bertz CT molecular complexity index is 255. The molecule has 0 saturated carbocycles. The summed E-state index contributed by atoms with van der Waals surface area (Å²) in [6.07, 6.45) is 1.86. The number of rotatable bonds is 4. The molecule has 1 aliphatic rings. The summed E-state index contributed by atoms with van der Waals surface area (Å²) in [5.41, 5.74) is -1.05. The average molecular weight is 244 g/mol. The molecule has 1 amide bonds. The first-order valence-electron chi connectivity index (χ1n) is 6.21. The Labute approximate surface area is 103 Å². The van der Waals surface area contributed by atoms with Gasteiger partial charge in [0.2, 0.25) is 0 Å². The van der Waals surface area contributed by atoms with Gasteiger partial charge in [-0.3, -0.25) is 0 Å². The largest absolute Gasteiger partial charge is 0.444 e. The van der Waals surface area contributed by atoms with Crippen molar-refractivity contribution in [3.8, 4) is 0 Å². The molecule has 1 saturated heterocycles. The molecule has 100 valence electrons. The van der Waals surface area contributed by atoms with Crippen LogP contribution in [0.3, 0.4) is 0 Å². The third kappa shape index (κ3) is 5.89. The van der Waals surface area contributed by atoms with Gasteiger partial charge in [0.1, 0.15) is 5.60 Å². The standard InChI is InChI=1S/C12H24N2O3/c1-11(2,3)17-10(15)14-7-4-5-12(16)6-8-13-9-12/h13,16H,4-9H2,1-3H3,(H,14,15). The molecule has 0 aromatic rings. The van der Waals surface area contributed by atoms with Gasteiger partial charge in [-0.25, -0.2) is 4.79 Å². The third-order valence-electron chi connectivity index (χ3n) is 2.71. The summed E-state index contributed by atoms with van der Waals surface area (Å²) in [7, 11) is 0. The Morgan fingerprint density at radius 3 is 2.76 bits per heavy atom.